The van der Waals surface area contributed by atoms with Crippen molar-refractivity contribution in [3.8, 4) is 0 Å². The Kier molecular flexibility index (Phi) is 4.66. The fourth-order valence-corrected chi connectivity index (χ4v) is 2.87. The number of aromatic nitrogens is 2. The highest BCUT2D eigenvalue weighted by Crippen LogP contribution is 2.18. The Morgan fingerprint density at radius 2 is 2.38 bits per heavy atom. The summed E-state index contributed by atoms with van der Waals surface area (Å²) in [6, 6.07) is 3.50. The van der Waals surface area contributed by atoms with Crippen LogP contribution in [0.3, 0.4) is 0 Å². The van der Waals surface area contributed by atoms with Gasteiger partial charge in [0, 0.05) is 32.9 Å². The first-order chi connectivity index (χ1) is 11.6. The molecule has 1 aliphatic rings. The third-order valence-electron chi connectivity index (χ3n) is 4.14. The summed E-state index contributed by atoms with van der Waals surface area (Å²) < 4.78 is 12.1. The van der Waals surface area contributed by atoms with Gasteiger partial charge in [-0.3, -0.25) is 9.59 Å². The van der Waals surface area contributed by atoms with E-state index in [2.05, 4.69) is 10.3 Å². The summed E-state index contributed by atoms with van der Waals surface area (Å²) in [6.07, 6.45) is 3.11. The third kappa shape index (κ3) is 3.05. The summed E-state index contributed by atoms with van der Waals surface area (Å²) in [7, 11) is 1.60. The van der Waals surface area contributed by atoms with Gasteiger partial charge in [0.15, 0.2) is 6.39 Å². The molecule has 0 saturated carbocycles. The molecule has 2 amide bonds. The number of nitrogens with zero attached hydrogens (tertiary/aromatic N) is 3. The second-order valence-corrected chi connectivity index (χ2v) is 5.67. The summed E-state index contributed by atoms with van der Waals surface area (Å²) >= 11 is 0. The second kappa shape index (κ2) is 6.88. The smallest absolute Gasteiger partial charge is 0.289 e. The SMILES string of the molecule is COCCN1C(=O)c2cccn2CC1CNC(=O)c1ocnc1C. The lowest BCUT2D eigenvalue weighted by molar-refractivity contribution is 0.0503. The number of oxazole rings is 1. The van der Waals surface area contributed by atoms with Gasteiger partial charge in [0.05, 0.1) is 18.3 Å². The monoisotopic (exact) mass is 332 g/mol. The number of amides is 2. The van der Waals surface area contributed by atoms with Crippen LogP contribution in [-0.2, 0) is 11.3 Å². The number of hydrogen-bond acceptors (Lipinski definition) is 5. The van der Waals surface area contributed by atoms with Crippen molar-refractivity contribution in [1.82, 2.24) is 19.8 Å². The summed E-state index contributed by atoms with van der Waals surface area (Å²) in [6.45, 7) is 3.57. The van der Waals surface area contributed by atoms with Crippen LogP contribution >= 0.6 is 0 Å². The average molecular weight is 332 g/mol. The zero-order chi connectivity index (χ0) is 17.1. The van der Waals surface area contributed by atoms with Crippen molar-refractivity contribution >= 4 is 11.8 Å². The number of carbonyl (C=O) groups is 2. The van der Waals surface area contributed by atoms with Crippen LogP contribution in [0, 0.1) is 6.92 Å². The van der Waals surface area contributed by atoms with Crippen molar-refractivity contribution in [2.45, 2.75) is 19.5 Å². The van der Waals surface area contributed by atoms with Crippen LogP contribution in [0.15, 0.2) is 29.1 Å². The Morgan fingerprint density at radius 1 is 1.54 bits per heavy atom. The van der Waals surface area contributed by atoms with Crippen LogP contribution in [0.25, 0.3) is 0 Å². The molecule has 0 radical (unpaired) electrons. The van der Waals surface area contributed by atoms with Crippen LogP contribution in [-0.4, -0.2) is 59.1 Å². The minimum atomic E-state index is -0.331. The predicted molar refractivity (Wildman–Crippen MR) is 84.7 cm³/mol. The second-order valence-electron chi connectivity index (χ2n) is 5.67. The minimum Gasteiger partial charge on any atom is -0.438 e. The maximum atomic E-state index is 12.6. The molecular formula is C16H20N4O4. The Labute approximate surface area is 139 Å². The molecule has 2 aromatic heterocycles. The van der Waals surface area contributed by atoms with Crippen LogP contribution in [0.2, 0.25) is 0 Å². The number of rotatable bonds is 6. The average Bonchev–Trinajstić information content (AvgIpc) is 3.20. The molecule has 8 heteroatoms. The first kappa shape index (κ1) is 16.3. The van der Waals surface area contributed by atoms with Gasteiger partial charge in [-0.15, -0.1) is 0 Å². The molecule has 1 N–H and O–H groups in total. The highest BCUT2D eigenvalue weighted by atomic mass is 16.5. The van der Waals surface area contributed by atoms with E-state index in [0.29, 0.717) is 37.6 Å². The highest BCUT2D eigenvalue weighted by molar-refractivity contribution is 5.94. The lowest BCUT2D eigenvalue weighted by Gasteiger charge is -2.36. The van der Waals surface area contributed by atoms with Gasteiger partial charge in [-0.1, -0.05) is 0 Å². The van der Waals surface area contributed by atoms with Gasteiger partial charge in [0.1, 0.15) is 5.69 Å². The summed E-state index contributed by atoms with van der Waals surface area (Å²) in [5.74, 6) is -0.192. The molecular weight excluding hydrogens is 312 g/mol. The molecule has 1 atom stereocenters. The van der Waals surface area contributed by atoms with E-state index in [0.717, 1.165) is 0 Å². The van der Waals surface area contributed by atoms with Gasteiger partial charge in [-0.2, -0.15) is 0 Å². The van der Waals surface area contributed by atoms with Gasteiger partial charge in [0.25, 0.3) is 11.8 Å². The van der Waals surface area contributed by atoms with Gasteiger partial charge in [-0.25, -0.2) is 4.98 Å². The number of fused-ring (bicyclic) bond motifs is 1. The lowest BCUT2D eigenvalue weighted by atomic mass is 10.1. The molecule has 0 bridgehead atoms. The van der Waals surface area contributed by atoms with E-state index in [9.17, 15) is 9.59 Å². The summed E-state index contributed by atoms with van der Waals surface area (Å²) in [5, 5.41) is 2.82. The zero-order valence-corrected chi connectivity index (χ0v) is 13.7. The fourth-order valence-electron chi connectivity index (χ4n) is 2.87. The van der Waals surface area contributed by atoms with E-state index in [4.69, 9.17) is 9.15 Å². The van der Waals surface area contributed by atoms with Crippen molar-refractivity contribution in [3.63, 3.8) is 0 Å². The number of nitrogens with one attached hydrogen (secondary N) is 1. The molecule has 8 nitrogen and oxygen atoms in total. The molecule has 0 saturated heterocycles. The fraction of sp³-hybridized carbons (Fsp3) is 0.438. The van der Waals surface area contributed by atoms with E-state index >= 15 is 0 Å². The van der Waals surface area contributed by atoms with Gasteiger partial charge in [0.2, 0.25) is 5.76 Å². The molecule has 0 aliphatic carbocycles. The lowest BCUT2D eigenvalue weighted by Crippen LogP contribution is -2.53. The molecule has 0 fully saturated rings. The molecule has 2 aromatic rings. The van der Waals surface area contributed by atoms with E-state index in [1.54, 1.807) is 25.0 Å². The number of aryl methyl sites for hydroxylation is 1. The number of hydrogen-bond donors (Lipinski definition) is 1. The standard InChI is InChI=1S/C16H20N4O4/c1-11-14(24-10-18-11)15(21)17-8-12-9-19-5-3-4-13(19)16(22)20(12)6-7-23-2/h3-5,10,12H,6-9H2,1-2H3,(H,17,21). The zero-order valence-electron chi connectivity index (χ0n) is 13.7. The van der Waals surface area contributed by atoms with Gasteiger partial charge in [-0.05, 0) is 19.1 Å². The Hall–Kier alpha value is -2.61. The first-order valence-corrected chi connectivity index (χ1v) is 7.75. The molecule has 3 rings (SSSR count). The van der Waals surface area contributed by atoms with Crippen molar-refractivity contribution in [2.75, 3.05) is 26.8 Å². The minimum absolute atomic E-state index is 0.0570. The molecule has 3 heterocycles. The summed E-state index contributed by atoms with van der Waals surface area (Å²) in [5.41, 5.74) is 1.19. The largest absolute Gasteiger partial charge is 0.438 e. The Bertz CT molecular complexity index is 736. The normalized spacial score (nSPS) is 17.0. The van der Waals surface area contributed by atoms with Crippen molar-refractivity contribution in [3.05, 3.63) is 41.9 Å². The first-order valence-electron chi connectivity index (χ1n) is 7.75. The topological polar surface area (TPSA) is 89.6 Å². The number of methoxy groups -OCH3 is 1. The van der Waals surface area contributed by atoms with E-state index < -0.39 is 0 Å². The van der Waals surface area contributed by atoms with E-state index in [1.807, 2.05) is 16.8 Å². The molecule has 0 aromatic carbocycles. The molecule has 128 valence electrons. The van der Waals surface area contributed by atoms with Crippen LogP contribution in [0.4, 0.5) is 0 Å². The number of carbonyl (C=O) groups excluding carboxylic acids is 2. The molecule has 24 heavy (non-hydrogen) atoms. The molecule has 1 aliphatic heterocycles. The van der Waals surface area contributed by atoms with Gasteiger partial charge >= 0.3 is 0 Å². The van der Waals surface area contributed by atoms with Gasteiger partial charge < -0.3 is 23.9 Å². The van der Waals surface area contributed by atoms with E-state index in [-0.39, 0.29) is 23.6 Å². The Balaban J connectivity index is 1.71. The quantitative estimate of drug-likeness (QED) is 0.840. The van der Waals surface area contributed by atoms with E-state index in [1.165, 1.54) is 6.39 Å². The maximum absolute atomic E-state index is 12.6. The van der Waals surface area contributed by atoms with Crippen LogP contribution < -0.4 is 5.32 Å². The highest BCUT2D eigenvalue weighted by Gasteiger charge is 2.32. The van der Waals surface area contributed by atoms with Crippen LogP contribution in [0.5, 0.6) is 0 Å². The van der Waals surface area contributed by atoms with Crippen molar-refractivity contribution in [2.24, 2.45) is 0 Å². The predicted octanol–water partition coefficient (Wildman–Crippen LogP) is 0.685. The third-order valence-corrected chi connectivity index (χ3v) is 4.14. The Morgan fingerprint density at radius 3 is 3.08 bits per heavy atom. The molecule has 1 unspecified atom stereocenters. The number of ether oxygens (including phenoxy) is 1. The maximum Gasteiger partial charge on any atom is 0.289 e. The van der Waals surface area contributed by atoms with Crippen LogP contribution in [0.1, 0.15) is 26.7 Å². The van der Waals surface area contributed by atoms with Crippen molar-refractivity contribution in [1.29, 1.82) is 0 Å². The molecule has 0 spiro atoms. The van der Waals surface area contributed by atoms with Crippen molar-refractivity contribution < 1.29 is 18.7 Å². The summed E-state index contributed by atoms with van der Waals surface area (Å²) in [4.78, 5) is 30.5.